The van der Waals surface area contributed by atoms with Crippen molar-refractivity contribution in [1.29, 1.82) is 0 Å². The number of hydrogen-bond donors (Lipinski definition) is 0. The van der Waals surface area contributed by atoms with Crippen molar-refractivity contribution in [3.05, 3.63) is 76.9 Å². The number of anilines is 1. The van der Waals surface area contributed by atoms with Crippen molar-refractivity contribution in [1.82, 2.24) is 14.3 Å². The number of piperazine rings is 1. The minimum absolute atomic E-state index is 0.0414. The van der Waals surface area contributed by atoms with E-state index >= 15 is 0 Å². The number of benzene rings is 2. The fourth-order valence-electron chi connectivity index (χ4n) is 3.56. The van der Waals surface area contributed by atoms with Crippen LogP contribution in [-0.2, 0) is 6.42 Å². The van der Waals surface area contributed by atoms with Crippen molar-refractivity contribution >= 4 is 22.6 Å². The first kappa shape index (κ1) is 19.5. The normalized spacial score (nSPS) is 16.9. The van der Waals surface area contributed by atoms with Crippen LogP contribution in [0.1, 0.15) is 34.2 Å². The van der Waals surface area contributed by atoms with Crippen LogP contribution in [-0.4, -0.2) is 45.8 Å². The van der Waals surface area contributed by atoms with Gasteiger partial charge in [0.05, 0.1) is 5.56 Å². The lowest BCUT2D eigenvalue weighted by molar-refractivity contribution is 0.0669. The van der Waals surface area contributed by atoms with E-state index in [1.54, 1.807) is 23.1 Å². The summed E-state index contributed by atoms with van der Waals surface area (Å²) in [5.41, 5.74) is 2.55. The van der Waals surface area contributed by atoms with E-state index in [1.807, 2.05) is 6.92 Å². The standard InChI is InChI=1S/C22H23FN4OS/c1-15-7-9-17(10-8-15)13-20-24-22(29-25-20)26-11-12-27(16(2)14-26)21(28)18-5-3-4-6-19(18)23/h3-10,16H,11-14H2,1-2H3/t16-/m0/s1. The third kappa shape index (κ3) is 4.29. The molecular weight excluding hydrogens is 387 g/mol. The fraction of sp³-hybridized carbons (Fsp3) is 0.318. The highest BCUT2D eigenvalue weighted by Gasteiger charge is 2.30. The molecule has 2 heterocycles. The summed E-state index contributed by atoms with van der Waals surface area (Å²) in [6, 6.07) is 14.5. The molecule has 5 nitrogen and oxygen atoms in total. The third-order valence-corrected chi connectivity index (χ3v) is 6.02. The Morgan fingerprint density at radius 1 is 1.17 bits per heavy atom. The largest absolute Gasteiger partial charge is 0.343 e. The van der Waals surface area contributed by atoms with Crippen LogP contribution in [0.5, 0.6) is 0 Å². The Morgan fingerprint density at radius 3 is 2.66 bits per heavy atom. The second-order valence-corrected chi connectivity index (χ2v) is 8.16. The molecule has 0 N–H and O–H groups in total. The van der Waals surface area contributed by atoms with E-state index in [2.05, 4.69) is 40.5 Å². The van der Waals surface area contributed by atoms with E-state index in [9.17, 15) is 9.18 Å². The van der Waals surface area contributed by atoms with Gasteiger partial charge in [-0.1, -0.05) is 42.0 Å². The van der Waals surface area contributed by atoms with Gasteiger partial charge in [0, 0.05) is 43.6 Å². The number of carbonyl (C=O) groups excluding carboxylic acids is 1. The van der Waals surface area contributed by atoms with Crippen molar-refractivity contribution in [2.45, 2.75) is 26.3 Å². The SMILES string of the molecule is Cc1ccc(Cc2nsc(N3CCN(C(=O)c4ccccc4F)[C@@H](C)C3)n2)cc1. The number of hydrogen-bond acceptors (Lipinski definition) is 5. The first-order valence-electron chi connectivity index (χ1n) is 9.70. The zero-order chi connectivity index (χ0) is 20.4. The second kappa shape index (κ2) is 8.29. The molecular formula is C22H23FN4OS. The summed E-state index contributed by atoms with van der Waals surface area (Å²) in [7, 11) is 0. The van der Waals surface area contributed by atoms with Gasteiger partial charge in [0.2, 0.25) is 5.13 Å². The molecule has 1 saturated heterocycles. The number of aryl methyl sites for hydroxylation is 1. The summed E-state index contributed by atoms with van der Waals surface area (Å²) in [6.45, 7) is 5.89. The zero-order valence-electron chi connectivity index (χ0n) is 16.5. The van der Waals surface area contributed by atoms with Gasteiger partial charge in [0.25, 0.3) is 5.91 Å². The van der Waals surface area contributed by atoms with Gasteiger partial charge >= 0.3 is 0 Å². The van der Waals surface area contributed by atoms with E-state index in [0.29, 0.717) is 26.1 Å². The maximum absolute atomic E-state index is 14.0. The predicted octanol–water partition coefficient (Wildman–Crippen LogP) is 3.93. The van der Waals surface area contributed by atoms with Gasteiger partial charge < -0.3 is 9.80 Å². The minimum Gasteiger partial charge on any atom is -0.343 e. The fourth-order valence-corrected chi connectivity index (χ4v) is 4.28. The number of nitrogens with zero attached hydrogens (tertiary/aromatic N) is 4. The highest BCUT2D eigenvalue weighted by molar-refractivity contribution is 7.09. The highest BCUT2D eigenvalue weighted by Crippen LogP contribution is 2.24. The molecule has 0 aliphatic carbocycles. The van der Waals surface area contributed by atoms with Crippen LogP contribution in [0.4, 0.5) is 9.52 Å². The quantitative estimate of drug-likeness (QED) is 0.654. The van der Waals surface area contributed by atoms with Gasteiger partial charge in [-0.25, -0.2) is 9.37 Å². The molecule has 4 rings (SSSR count). The summed E-state index contributed by atoms with van der Waals surface area (Å²) in [4.78, 5) is 21.3. The first-order valence-corrected chi connectivity index (χ1v) is 10.5. The van der Waals surface area contributed by atoms with Crippen LogP contribution in [0.25, 0.3) is 0 Å². The van der Waals surface area contributed by atoms with Gasteiger partial charge in [-0.15, -0.1) is 0 Å². The van der Waals surface area contributed by atoms with Crippen LogP contribution >= 0.6 is 11.5 Å². The monoisotopic (exact) mass is 410 g/mol. The molecule has 1 aliphatic rings. The van der Waals surface area contributed by atoms with Crippen LogP contribution in [0.2, 0.25) is 0 Å². The average Bonchev–Trinajstić information content (AvgIpc) is 3.18. The van der Waals surface area contributed by atoms with Crippen molar-refractivity contribution < 1.29 is 9.18 Å². The molecule has 29 heavy (non-hydrogen) atoms. The summed E-state index contributed by atoms with van der Waals surface area (Å²) in [6.07, 6.45) is 0.706. The lowest BCUT2D eigenvalue weighted by atomic mass is 10.1. The van der Waals surface area contributed by atoms with Crippen LogP contribution in [0.3, 0.4) is 0 Å². The summed E-state index contributed by atoms with van der Waals surface area (Å²) < 4.78 is 18.5. The van der Waals surface area contributed by atoms with Gasteiger partial charge in [-0.3, -0.25) is 4.79 Å². The van der Waals surface area contributed by atoms with E-state index < -0.39 is 5.82 Å². The van der Waals surface area contributed by atoms with Gasteiger partial charge in [-0.2, -0.15) is 4.37 Å². The Bertz CT molecular complexity index is 1000. The maximum Gasteiger partial charge on any atom is 0.257 e. The highest BCUT2D eigenvalue weighted by atomic mass is 32.1. The Balaban J connectivity index is 1.41. The van der Waals surface area contributed by atoms with Gasteiger partial charge in [0.1, 0.15) is 11.6 Å². The molecule has 0 saturated carbocycles. The van der Waals surface area contributed by atoms with E-state index in [-0.39, 0.29) is 17.5 Å². The van der Waals surface area contributed by atoms with E-state index in [1.165, 1.54) is 28.7 Å². The van der Waals surface area contributed by atoms with Crippen molar-refractivity contribution in [2.24, 2.45) is 0 Å². The predicted molar refractivity (Wildman–Crippen MR) is 113 cm³/mol. The second-order valence-electron chi connectivity index (χ2n) is 7.43. The summed E-state index contributed by atoms with van der Waals surface area (Å²) in [5, 5.41) is 0.872. The lowest BCUT2D eigenvalue weighted by Crippen LogP contribution is -2.54. The summed E-state index contributed by atoms with van der Waals surface area (Å²) in [5.74, 6) is 0.0796. The lowest BCUT2D eigenvalue weighted by Gasteiger charge is -2.39. The van der Waals surface area contributed by atoms with Gasteiger partial charge in [-0.05, 0) is 31.5 Å². The van der Waals surface area contributed by atoms with Gasteiger partial charge in [0.15, 0.2) is 0 Å². The number of amides is 1. The van der Waals surface area contributed by atoms with Crippen LogP contribution < -0.4 is 4.90 Å². The Morgan fingerprint density at radius 2 is 1.93 bits per heavy atom. The van der Waals surface area contributed by atoms with Crippen LogP contribution in [0.15, 0.2) is 48.5 Å². The Kier molecular flexibility index (Phi) is 5.58. The third-order valence-electron chi connectivity index (χ3n) is 5.20. The molecule has 1 amide bonds. The average molecular weight is 411 g/mol. The number of aromatic nitrogens is 2. The minimum atomic E-state index is -0.475. The Labute approximate surface area is 174 Å². The van der Waals surface area contributed by atoms with Crippen LogP contribution in [0, 0.1) is 12.7 Å². The smallest absolute Gasteiger partial charge is 0.257 e. The molecule has 1 aliphatic heterocycles. The molecule has 2 aromatic carbocycles. The molecule has 1 fully saturated rings. The topological polar surface area (TPSA) is 49.3 Å². The summed E-state index contributed by atoms with van der Waals surface area (Å²) >= 11 is 1.39. The first-order chi connectivity index (χ1) is 14.0. The zero-order valence-corrected chi connectivity index (χ0v) is 17.3. The molecule has 0 bridgehead atoms. The number of rotatable bonds is 4. The number of halogens is 1. The molecule has 7 heteroatoms. The van der Waals surface area contributed by atoms with Crippen molar-refractivity contribution in [2.75, 3.05) is 24.5 Å². The molecule has 0 unspecified atom stereocenters. The molecule has 3 aromatic rings. The molecule has 1 atom stereocenters. The molecule has 0 radical (unpaired) electrons. The molecule has 0 spiro atoms. The molecule has 150 valence electrons. The molecule has 1 aromatic heterocycles. The van der Waals surface area contributed by atoms with Crippen molar-refractivity contribution in [3.8, 4) is 0 Å². The number of carbonyl (C=O) groups is 1. The van der Waals surface area contributed by atoms with E-state index in [0.717, 1.165) is 11.0 Å². The maximum atomic E-state index is 14.0. The van der Waals surface area contributed by atoms with E-state index in [4.69, 9.17) is 4.98 Å². The Hall–Kier alpha value is -2.80. The van der Waals surface area contributed by atoms with Crippen molar-refractivity contribution in [3.63, 3.8) is 0 Å².